The van der Waals surface area contributed by atoms with Crippen molar-refractivity contribution in [2.24, 2.45) is 0 Å². The van der Waals surface area contributed by atoms with E-state index in [1.165, 1.54) is 11.8 Å². The van der Waals surface area contributed by atoms with Gasteiger partial charge in [-0.15, -0.1) is 5.10 Å². The molecule has 7 nitrogen and oxygen atoms in total. The first-order valence-corrected chi connectivity index (χ1v) is 12.4. The summed E-state index contributed by atoms with van der Waals surface area (Å²) in [5, 5.41) is 7.81. The molecule has 0 bridgehead atoms. The molecule has 1 aliphatic rings. The number of aromatic amines is 1. The smallest absolute Gasteiger partial charge is 0.233 e. The molecule has 0 aliphatic carbocycles. The first-order valence-electron chi connectivity index (χ1n) is 11.4. The molecule has 0 radical (unpaired) electrons. The van der Waals surface area contributed by atoms with E-state index < -0.39 is 0 Å². The quantitative estimate of drug-likeness (QED) is 0.380. The van der Waals surface area contributed by atoms with Gasteiger partial charge >= 0.3 is 0 Å². The molecule has 0 saturated heterocycles. The minimum absolute atomic E-state index is 0.0374. The number of benzene rings is 3. The van der Waals surface area contributed by atoms with Crippen molar-refractivity contribution < 1.29 is 14.3 Å². The topological polar surface area (TPSA) is 80.3 Å². The van der Waals surface area contributed by atoms with Crippen LogP contribution in [0.5, 0.6) is 11.5 Å². The number of rotatable bonds is 7. The molecular weight excluding hydrogens is 460 g/mol. The molecule has 0 saturated carbocycles. The average Bonchev–Trinajstić information content (AvgIpc) is 3.40. The lowest BCUT2D eigenvalue weighted by atomic mass is 9.87. The van der Waals surface area contributed by atoms with Crippen LogP contribution in [0.25, 0.3) is 11.4 Å². The summed E-state index contributed by atoms with van der Waals surface area (Å²) in [6.45, 7) is 0.616. The Kier molecular flexibility index (Phi) is 6.72. The molecule has 1 N–H and O–H groups in total. The lowest BCUT2D eigenvalue weighted by Gasteiger charge is -2.38. The van der Waals surface area contributed by atoms with Crippen molar-refractivity contribution in [1.29, 1.82) is 0 Å². The van der Waals surface area contributed by atoms with Crippen LogP contribution in [-0.2, 0) is 11.2 Å². The predicted molar refractivity (Wildman–Crippen MR) is 136 cm³/mol. The fraction of sp³-hybridized carbons (Fsp3) is 0.222. The Balaban J connectivity index is 1.40. The molecule has 178 valence electrons. The SMILES string of the molecule is COc1cc2c(cc1OC)[C@@H](c1ccccc1)N(C(=O)CSc1n[nH]c(-c3ccccc3)n1)CC2. The maximum absolute atomic E-state index is 13.5. The van der Waals surface area contributed by atoms with Gasteiger partial charge in [-0.1, -0.05) is 72.4 Å². The number of hydrogen-bond acceptors (Lipinski definition) is 6. The Bertz CT molecular complexity index is 1310. The fourth-order valence-electron chi connectivity index (χ4n) is 4.45. The van der Waals surface area contributed by atoms with Crippen LogP contribution in [0.3, 0.4) is 0 Å². The molecule has 4 aromatic rings. The van der Waals surface area contributed by atoms with Gasteiger partial charge in [0.2, 0.25) is 11.1 Å². The third-order valence-corrected chi connectivity index (χ3v) is 6.98. The van der Waals surface area contributed by atoms with E-state index in [1.54, 1.807) is 14.2 Å². The van der Waals surface area contributed by atoms with Gasteiger partial charge in [0, 0.05) is 12.1 Å². The van der Waals surface area contributed by atoms with Gasteiger partial charge in [0.25, 0.3) is 0 Å². The largest absolute Gasteiger partial charge is 0.493 e. The first-order chi connectivity index (χ1) is 17.2. The van der Waals surface area contributed by atoms with E-state index in [4.69, 9.17) is 9.47 Å². The second kappa shape index (κ2) is 10.2. The molecule has 1 aromatic heterocycles. The van der Waals surface area contributed by atoms with Crippen molar-refractivity contribution in [3.8, 4) is 22.9 Å². The summed E-state index contributed by atoms with van der Waals surface area (Å²) in [6.07, 6.45) is 0.744. The average molecular weight is 487 g/mol. The number of nitrogens with zero attached hydrogens (tertiary/aromatic N) is 3. The second-order valence-electron chi connectivity index (χ2n) is 8.18. The van der Waals surface area contributed by atoms with Gasteiger partial charge in [0.15, 0.2) is 17.3 Å². The summed E-state index contributed by atoms with van der Waals surface area (Å²) in [6, 6.07) is 23.7. The van der Waals surface area contributed by atoms with E-state index in [0.717, 1.165) is 28.7 Å². The maximum Gasteiger partial charge on any atom is 0.233 e. The molecule has 2 heterocycles. The van der Waals surface area contributed by atoms with E-state index in [0.29, 0.717) is 29.0 Å². The number of methoxy groups -OCH3 is 2. The predicted octanol–water partition coefficient (Wildman–Crippen LogP) is 4.76. The summed E-state index contributed by atoms with van der Waals surface area (Å²) >= 11 is 1.34. The van der Waals surface area contributed by atoms with Crippen molar-refractivity contribution in [2.45, 2.75) is 17.6 Å². The van der Waals surface area contributed by atoms with Crippen molar-refractivity contribution in [1.82, 2.24) is 20.1 Å². The van der Waals surface area contributed by atoms with Crippen LogP contribution in [0.4, 0.5) is 0 Å². The molecule has 3 aromatic carbocycles. The van der Waals surface area contributed by atoms with E-state index >= 15 is 0 Å². The maximum atomic E-state index is 13.5. The van der Waals surface area contributed by atoms with Crippen LogP contribution in [-0.4, -0.2) is 52.5 Å². The lowest BCUT2D eigenvalue weighted by molar-refractivity contribution is -0.130. The number of amides is 1. The summed E-state index contributed by atoms with van der Waals surface area (Å²) < 4.78 is 11.1. The van der Waals surface area contributed by atoms with Gasteiger partial charge in [0.05, 0.1) is 26.0 Å². The van der Waals surface area contributed by atoms with E-state index in [2.05, 4.69) is 27.3 Å². The second-order valence-corrected chi connectivity index (χ2v) is 9.12. The zero-order chi connectivity index (χ0) is 24.2. The minimum atomic E-state index is -0.208. The number of fused-ring (bicyclic) bond motifs is 1. The highest BCUT2D eigenvalue weighted by Gasteiger charge is 2.33. The third-order valence-electron chi connectivity index (χ3n) is 6.15. The third kappa shape index (κ3) is 4.74. The zero-order valence-corrected chi connectivity index (χ0v) is 20.4. The number of ether oxygens (including phenoxy) is 2. The van der Waals surface area contributed by atoms with Crippen LogP contribution in [0.1, 0.15) is 22.7 Å². The molecule has 0 fully saturated rings. The highest BCUT2D eigenvalue weighted by atomic mass is 32.2. The zero-order valence-electron chi connectivity index (χ0n) is 19.6. The number of H-pyrrole nitrogens is 1. The van der Waals surface area contributed by atoms with Gasteiger partial charge < -0.3 is 14.4 Å². The van der Waals surface area contributed by atoms with Crippen LogP contribution in [0.15, 0.2) is 78.0 Å². The number of aromatic nitrogens is 3. The van der Waals surface area contributed by atoms with Gasteiger partial charge in [-0.2, -0.15) is 0 Å². The van der Waals surface area contributed by atoms with Gasteiger partial charge in [0.1, 0.15) is 0 Å². The Hall–Kier alpha value is -3.78. The lowest BCUT2D eigenvalue weighted by Crippen LogP contribution is -2.41. The van der Waals surface area contributed by atoms with E-state index in [1.807, 2.05) is 65.6 Å². The number of carbonyl (C=O) groups is 1. The fourth-order valence-corrected chi connectivity index (χ4v) is 5.14. The summed E-state index contributed by atoms with van der Waals surface area (Å²) in [5.74, 6) is 2.33. The van der Waals surface area contributed by atoms with Crippen molar-refractivity contribution >= 4 is 17.7 Å². The molecule has 0 spiro atoms. The van der Waals surface area contributed by atoms with Crippen molar-refractivity contribution in [3.05, 3.63) is 89.5 Å². The molecule has 35 heavy (non-hydrogen) atoms. The van der Waals surface area contributed by atoms with Gasteiger partial charge in [-0.05, 0) is 35.2 Å². The van der Waals surface area contributed by atoms with Crippen molar-refractivity contribution in [3.63, 3.8) is 0 Å². The molecular formula is C27H26N4O3S. The Morgan fingerprint density at radius 2 is 1.71 bits per heavy atom. The van der Waals surface area contributed by atoms with Crippen LogP contribution < -0.4 is 9.47 Å². The molecule has 0 unspecified atom stereocenters. The first kappa shape index (κ1) is 23.0. The monoisotopic (exact) mass is 486 g/mol. The summed E-state index contributed by atoms with van der Waals surface area (Å²) in [5.41, 5.74) is 4.24. The molecule has 1 aliphatic heterocycles. The Morgan fingerprint density at radius 1 is 1.03 bits per heavy atom. The Morgan fingerprint density at radius 3 is 2.43 bits per heavy atom. The number of nitrogens with one attached hydrogen (secondary N) is 1. The number of carbonyl (C=O) groups excluding carboxylic acids is 1. The molecule has 5 rings (SSSR count). The molecule has 1 atom stereocenters. The molecule has 1 amide bonds. The summed E-state index contributed by atoms with van der Waals surface area (Å²) in [7, 11) is 3.27. The normalized spacial score (nSPS) is 14.9. The summed E-state index contributed by atoms with van der Waals surface area (Å²) in [4.78, 5) is 20.0. The van der Waals surface area contributed by atoms with Gasteiger partial charge in [-0.3, -0.25) is 9.89 Å². The minimum Gasteiger partial charge on any atom is -0.493 e. The van der Waals surface area contributed by atoms with Crippen LogP contribution >= 0.6 is 11.8 Å². The van der Waals surface area contributed by atoms with Crippen molar-refractivity contribution in [2.75, 3.05) is 26.5 Å². The van der Waals surface area contributed by atoms with E-state index in [9.17, 15) is 4.79 Å². The van der Waals surface area contributed by atoms with Gasteiger partial charge in [-0.25, -0.2) is 4.98 Å². The number of thioether (sulfide) groups is 1. The Labute approximate surface area is 208 Å². The highest BCUT2D eigenvalue weighted by molar-refractivity contribution is 7.99. The highest BCUT2D eigenvalue weighted by Crippen LogP contribution is 2.41. The van der Waals surface area contributed by atoms with Crippen LogP contribution in [0, 0.1) is 0 Å². The van der Waals surface area contributed by atoms with E-state index in [-0.39, 0.29) is 17.7 Å². The molecule has 8 heteroatoms. The standard InChI is InChI=1S/C27H26N4O3S/c1-33-22-15-20-13-14-31(25(18-9-5-3-6-10-18)21(20)16-23(22)34-2)24(32)17-35-27-28-26(29-30-27)19-11-7-4-8-12-19/h3-12,15-16,25H,13-14,17H2,1-2H3,(H,28,29,30)/t25-/m1/s1. The van der Waals surface area contributed by atoms with Crippen LogP contribution in [0.2, 0.25) is 0 Å². The number of hydrogen-bond donors (Lipinski definition) is 1.